The van der Waals surface area contributed by atoms with E-state index in [1.807, 2.05) is 0 Å². The van der Waals surface area contributed by atoms with E-state index < -0.39 is 0 Å². The lowest BCUT2D eigenvalue weighted by molar-refractivity contribution is 0.661. The highest BCUT2D eigenvalue weighted by molar-refractivity contribution is 6.28. The van der Waals surface area contributed by atoms with Crippen LogP contribution in [0.15, 0.2) is 194 Å². The second kappa shape index (κ2) is 12.1. The Morgan fingerprint density at radius 1 is 0.291 bits per heavy atom. The zero-order valence-electron chi connectivity index (χ0n) is 31.0. The highest BCUT2D eigenvalue weighted by Gasteiger charge is 2.37. The van der Waals surface area contributed by atoms with Crippen LogP contribution in [0, 0.1) is 0 Å². The Bertz CT molecular complexity index is 3150. The minimum atomic E-state index is -0.112. The number of benzene rings is 10. The molecule has 0 N–H and O–H groups in total. The van der Waals surface area contributed by atoms with Gasteiger partial charge in [-0.3, -0.25) is 0 Å². The van der Waals surface area contributed by atoms with Gasteiger partial charge < -0.3 is 0 Å². The monoisotopic (exact) mass is 698 g/mol. The summed E-state index contributed by atoms with van der Waals surface area (Å²) in [6.07, 6.45) is 0. The molecule has 0 saturated heterocycles. The summed E-state index contributed by atoms with van der Waals surface area (Å²) in [6, 6.07) is 72.2. The fourth-order valence-electron chi connectivity index (χ4n) is 9.73. The highest BCUT2D eigenvalue weighted by atomic mass is 14.4. The number of rotatable bonds is 4. The first-order valence-electron chi connectivity index (χ1n) is 19.4. The molecule has 1 aliphatic rings. The predicted octanol–water partition coefficient (Wildman–Crippen LogP) is 15.3. The van der Waals surface area contributed by atoms with Crippen LogP contribution in [-0.4, -0.2) is 0 Å². The topological polar surface area (TPSA) is 0 Å². The average Bonchev–Trinajstić information content (AvgIpc) is 3.48. The summed E-state index contributed by atoms with van der Waals surface area (Å²) in [5, 5.41) is 10.2. The van der Waals surface area contributed by atoms with Gasteiger partial charge in [-0.15, -0.1) is 0 Å². The molecule has 0 unspecified atom stereocenters. The molecule has 11 rings (SSSR count). The third kappa shape index (κ3) is 4.71. The fraction of sp³-hybridized carbons (Fsp3) is 0.0545. The number of hydrogen-bond donors (Lipinski definition) is 0. The van der Waals surface area contributed by atoms with Crippen molar-refractivity contribution in [3.05, 3.63) is 205 Å². The van der Waals surface area contributed by atoms with Crippen molar-refractivity contribution < 1.29 is 0 Å². The normalized spacial score (nSPS) is 13.1. The van der Waals surface area contributed by atoms with E-state index in [1.165, 1.54) is 110 Å². The van der Waals surface area contributed by atoms with Crippen LogP contribution >= 0.6 is 0 Å². The first-order valence-corrected chi connectivity index (χ1v) is 19.4. The maximum absolute atomic E-state index is 2.50. The van der Waals surface area contributed by atoms with Crippen LogP contribution in [0.2, 0.25) is 0 Å². The van der Waals surface area contributed by atoms with E-state index in [4.69, 9.17) is 0 Å². The zero-order chi connectivity index (χ0) is 36.7. The van der Waals surface area contributed by atoms with Gasteiger partial charge in [0.1, 0.15) is 0 Å². The van der Waals surface area contributed by atoms with Gasteiger partial charge in [0.05, 0.1) is 0 Å². The molecule has 258 valence electrons. The molecule has 55 heavy (non-hydrogen) atoms. The average molecular weight is 699 g/mol. The number of hydrogen-bond acceptors (Lipinski definition) is 0. The standard InChI is InChI=1S/C55H38/c1-55(2)49-28-16-15-27-45(49)53-42-24-12-11-23-40(42)48(34-50(53)55)41-31-30-38(33-47(41)35-17-5-3-6-18-35)51-43-25-13-14-26-44(43)52(37-20-7-4-8-21-37)54-39-22-10-9-19-36(39)29-32-46(51)54/h3-34H,1-2H3. The Kier molecular flexibility index (Phi) is 7.00. The molecule has 0 bridgehead atoms. The Balaban J connectivity index is 1.24. The molecule has 0 saturated carbocycles. The zero-order valence-corrected chi connectivity index (χ0v) is 31.0. The van der Waals surface area contributed by atoms with Crippen molar-refractivity contribution in [1.29, 1.82) is 0 Å². The molecule has 0 radical (unpaired) electrons. The third-order valence-electron chi connectivity index (χ3n) is 12.2. The SMILES string of the molecule is CC1(C)c2ccccc2-c2c1cc(-c1ccc(-c3c4ccccc4c(-c4ccccc4)c4c3ccc3ccccc34)cc1-c1ccccc1)c1ccccc21. The summed E-state index contributed by atoms with van der Waals surface area (Å²) < 4.78 is 0. The molecule has 10 aromatic carbocycles. The Hall–Kier alpha value is -6.76. The Morgan fingerprint density at radius 3 is 1.62 bits per heavy atom. The second-order valence-corrected chi connectivity index (χ2v) is 15.6. The van der Waals surface area contributed by atoms with Gasteiger partial charge in [-0.2, -0.15) is 0 Å². The van der Waals surface area contributed by atoms with Crippen LogP contribution in [0.4, 0.5) is 0 Å². The van der Waals surface area contributed by atoms with Crippen LogP contribution in [-0.2, 0) is 5.41 Å². The third-order valence-corrected chi connectivity index (χ3v) is 12.2. The molecule has 0 amide bonds. The minimum Gasteiger partial charge on any atom is -0.0622 e. The molecule has 0 aromatic heterocycles. The predicted molar refractivity (Wildman–Crippen MR) is 236 cm³/mol. The highest BCUT2D eigenvalue weighted by Crippen LogP contribution is 2.54. The molecule has 0 heterocycles. The van der Waals surface area contributed by atoms with Crippen LogP contribution in [0.5, 0.6) is 0 Å². The molecule has 1 aliphatic carbocycles. The molecular weight excluding hydrogens is 661 g/mol. The maximum atomic E-state index is 2.50. The van der Waals surface area contributed by atoms with Crippen LogP contribution in [0.25, 0.3) is 98.7 Å². The van der Waals surface area contributed by atoms with Crippen molar-refractivity contribution >= 4 is 43.1 Å². The van der Waals surface area contributed by atoms with Gasteiger partial charge in [0.2, 0.25) is 0 Å². The van der Waals surface area contributed by atoms with Gasteiger partial charge in [-0.1, -0.05) is 196 Å². The lowest BCUT2D eigenvalue weighted by atomic mass is 9.79. The van der Waals surface area contributed by atoms with Gasteiger partial charge in [0.15, 0.2) is 0 Å². The van der Waals surface area contributed by atoms with Gasteiger partial charge in [-0.05, 0) is 122 Å². The minimum absolute atomic E-state index is 0.112. The van der Waals surface area contributed by atoms with Crippen molar-refractivity contribution in [2.45, 2.75) is 19.3 Å². The van der Waals surface area contributed by atoms with Crippen molar-refractivity contribution in [3.63, 3.8) is 0 Å². The second-order valence-electron chi connectivity index (χ2n) is 15.6. The van der Waals surface area contributed by atoms with Crippen LogP contribution in [0.1, 0.15) is 25.0 Å². The van der Waals surface area contributed by atoms with Gasteiger partial charge >= 0.3 is 0 Å². The molecule has 10 aromatic rings. The summed E-state index contributed by atoms with van der Waals surface area (Å²) in [5.74, 6) is 0. The Labute approximate surface area is 322 Å². The van der Waals surface area contributed by atoms with Crippen molar-refractivity contribution in [3.8, 4) is 55.6 Å². The maximum Gasteiger partial charge on any atom is 0.0159 e. The lowest BCUT2D eigenvalue weighted by Crippen LogP contribution is -2.15. The molecule has 0 nitrogen and oxygen atoms in total. The van der Waals surface area contributed by atoms with Gasteiger partial charge in [0, 0.05) is 5.41 Å². The molecule has 0 aliphatic heterocycles. The summed E-state index contributed by atoms with van der Waals surface area (Å²) >= 11 is 0. The van der Waals surface area contributed by atoms with E-state index in [9.17, 15) is 0 Å². The van der Waals surface area contributed by atoms with E-state index in [1.54, 1.807) is 0 Å². The summed E-state index contributed by atoms with van der Waals surface area (Å²) in [4.78, 5) is 0. The lowest BCUT2D eigenvalue weighted by Gasteiger charge is -2.24. The van der Waals surface area contributed by atoms with E-state index in [0.29, 0.717) is 0 Å². The molecular formula is C55H38. The van der Waals surface area contributed by atoms with E-state index in [0.717, 1.165) is 0 Å². The first kappa shape index (κ1) is 31.7. The first-order chi connectivity index (χ1) is 27.1. The number of fused-ring (bicyclic) bond motifs is 9. The van der Waals surface area contributed by atoms with Crippen LogP contribution in [0.3, 0.4) is 0 Å². The van der Waals surface area contributed by atoms with Crippen molar-refractivity contribution in [1.82, 2.24) is 0 Å². The summed E-state index contributed by atoms with van der Waals surface area (Å²) in [5.41, 5.74) is 15.4. The van der Waals surface area contributed by atoms with Crippen LogP contribution < -0.4 is 0 Å². The van der Waals surface area contributed by atoms with E-state index in [-0.39, 0.29) is 5.41 Å². The van der Waals surface area contributed by atoms with Gasteiger partial charge in [-0.25, -0.2) is 0 Å². The Morgan fingerprint density at radius 2 is 0.873 bits per heavy atom. The quantitative estimate of drug-likeness (QED) is 0.127. The largest absolute Gasteiger partial charge is 0.0622 e. The molecule has 0 fully saturated rings. The van der Waals surface area contributed by atoms with Gasteiger partial charge in [0.25, 0.3) is 0 Å². The van der Waals surface area contributed by atoms with Crippen molar-refractivity contribution in [2.75, 3.05) is 0 Å². The molecule has 0 spiro atoms. The molecule has 0 atom stereocenters. The summed E-state index contributed by atoms with van der Waals surface area (Å²) in [7, 11) is 0. The van der Waals surface area contributed by atoms with Crippen molar-refractivity contribution in [2.24, 2.45) is 0 Å². The van der Waals surface area contributed by atoms with E-state index >= 15 is 0 Å². The smallest absolute Gasteiger partial charge is 0.0159 e. The fourth-order valence-corrected chi connectivity index (χ4v) is 9.73. The van der Waals surface area contributed by atoms with E-state index in [2.05, 4.69) is 208 Å². The molecule has 0 heteroatoms. The summed E-state index contributed by atoms with van der Waals surface area (Å²) in [6.45, 7) is 4.77.